The Hall–Kier alpha value is -3.14. The molecule has 0 aromatic heterocycles. The molecule has 0 aliphatic rings. The smallest absolute Gasteiger partial charge is 0.248 e. The van der Waals surface area contributed by atoms with Gasteiger partial charge < -0.3 is 24.3 Å². The molecule has 0 radical (unpaired) electrons. The van der Waals surface area contributed by atoms with Crippen molar-refractivity contribution in [3.63, 3.8) is 0 Å². The van der Waals surface area contributed by atoms with Crippen LogP contribution in [0.2, 0.25) is 0 Å². The zero-order valence-corrected chi connectivity index (χ0v) is 18.6. The molecule has 0 aliphatic heterocycles. The highest BCUT2D eigenvalue weighted by Crippen LogP contribution is 2.36. The van der Waals surface area contributed by atoms with Crippen LogP contribution >= 0.6 is 0 Å². The van der Waals surface area contributed by atoms with Crippen molar-refractivity contribution in [1.29, 1.82) is 0 Å². The van der Waals surface area contributed by atoms with Crippen molar-refractivity contribution in [2.75, 3.05) is 44.3 Å². The number of nitrogens with zero attached hydrogens (tertiary/aromatic N) is 1. The van der Waals surface area contributed by atoms with Crippen LogP contribution < -0.4 is 28.6 Å². The normalized spacial score (nSPS) is 11.9. The second-order valence-corrected chi connectivity index (χ2v) is 8.19. The highest BCUT2D eigenvalue weighted by Gasteiger charge is 2.32. The van der Waals surface area contributed by atoms with Gasteiger partial charge in [0.1, 0.15) is 29.0 Å². The van der Waals surface area contributed by atoms with Gasteiger partial charge in [-0.1, -0.05) is 0 Å². The van der Waals surface area contributed by atoms with E-state index in [4.69, 9.17) is 18.9 Å². The van der Waals surface area contributed by atoms with Crippen LogP contribution in [0, 0.1) is 0 Å². The van der Waals surface area contributed by atoms with E-state index in [2.05, 4.69) is 5.32 Å². The highest BCUT2D eigenvalue weighted by molar-refractivity contribution is 7.92. The van der Waals surface area contributed by atoms with Crippen LogP contribution in [-0.4, -0.2) is 55.1 Å². The number of carbonyl (C=O) groups is 1. The summed E-state index contributed by atoms with van der Waals surface area (Å²) < 4.78 is 47.1. The Morgan fingerprint density at radius 2 is 1.47 bits per heavy atom. The molecule has 30 heavy (non-hydrogen) atoms. The van der Waals surface area contributed by atoms with E-state index < -0.39 is 22.0 Å². The minimum absolute atomic E-state index is 0.184. The van der Waals surface area contributed by atoms with Crippen LogP contribution in [0.25, 0.3) is 0 Å². The van der Waals surface area contributed by atoms with Crippen molar-refractivity contribution >= 4 is 27.3 Å². The largest absolute Gasteiger partial charge is 0.497 e. The zero-order valence-electron chi connectivity index (χ0n) is 17.8. The van der Waals surface area contributed by atoms with Crippen molar-refractivity contribution in [3.05, 3.63) is 36.4 Å². The fraction of sp³-hybridized carbons (Fsp3) is 0.350. The average molecular weight is 439 g/mol. The predicted octanol–water partition coefficient (Wildman–Crippen LogP) is 2.51. The third kappa shape index (κ3) is 5.07. The summed E-state index contributed by atoms with van der Waals surface area (Å²) >= 11 is 0. The first-order valence-electron chi connectivity index (χ1n) is 8.90. The molecule has 0 spiro atoms. The maximum atomic E-state index is 13.0. The Kier molecular flexibility index (Phi) is 7.38. The Morgan fingerprint density at radius 3 is 2.00 bits per heavy atom. The molecule has 2 rings (SSSR count). The van der Waals surface area contributed by atoms with Gasteiger partial charge in [-0.15, -0.1) is 0 Å². The summed E-state index contributed by atoms with van der Waals surface area (Å²) in [5, 5.41) is 2.70. The first-order valence-corrected chi connectivity index (χ1v) is 10.7. The molecule has 164 valence electrons. The van der Waals surface area contributed by atoms with E-state index in [9.17, 15) is 13.2 Å². The first kappa shape index (κ1) is 23.1. The molecule has 9 nitrogen and oxygen atoms in total. The maximum absolute atomic E-state index is 13.0. The van der Waals surface area contributed by atoms with Gasteiger partial charge in [-0.2, -0.15) is 0 Å². The standard InChI is InChI=1S/C20H26N2O7S/c1-13(20(23)21-16-9-7-15(27-3)12-19(16)29-5)22(30(6,24)25)17-11-14(26-2)8-10-18(17)28-4/h7-13H,1-6H3,(H,21,23)/t13-/m1/s1. The summed E-state index contributed by atoms with van der Waals surface area (Å²) in [4.78, 5) is 13.0. The molecule has 0 saturated heterocycles. The molecular formula is C20H26N2O7S. The lowest BCUT2D eigenvalue weighted by atomic mass is 10.2. The van der Waals surface area contributed by atoms with E-state index in [1.54, 1.807) is 30.3 Å². The molecule has 0 fully saturated rings. The number of anilines is 2. The van der Waals surface area contributed by atoms with Gasteiger partial charge in [-0.05, 0) is 31.2 Å². The minimum Gasteiger partial charge on any atom is -0.497 e. The van der Waals surface area contributed by atoms with Gasteiger partial charge in [-0.25, -0.2) is 8.42 Å². The summed E-state index contributed by atoms with van der Waals surface area (Å²) in [5.41, 5.74) is 0.560. The summed E-state index contributed by atoms with van der Waals surface area (Å²) in [6, 6.07) is 8.48. The predicted molar refractivity (Wildman–Crippen MR) is 115 cm³/mol. The monoisotopic (exact) mass is 438 g/mol. The number of carbonyl (C=O) groups excluding carboxylic acids is 1. The molecule has 10 heteroatoms. The zero-order chi connectivity index (χ0) is 22.5. The Labute approximate surface area is 176 Å². The second-order valence-electron chi connectivity index (χ2n) is 6.33. The fourth-order valence-electron chi connectivity index (χ4n) is 2.89. The van der Waals surface area contributed by atoms with E-state index in [-0.39, 0.29) is 11.4 Å². The molecule has 0 aliphatic carbocycles. The molecule has 2 aromatic rings. The summed E-state index contributed by atoms with van der Waals surface area (Å²) in [5.74, 6) is 1.07. The van der Waals surface area contributed by atoms with Gasteiger partial charge in [0.05, 0.1) is 46.1 Å². The van der Waals surface area contributed by atoms with Gasteiger partial charge in [0, 0.05) is 12.1 Å². The molecule has 0 saturated carbocycles. The minimum atomic E-state index is -3.85. The number of amides is 1. The van der Waals surface area contributed by atoms with E-state index in [1.165, 1.54) is 41.4 Å². The molecule has 0 unspecified atom stereocenters. The molecular weight excluding hydrogens is 412 g/mol. The van der Waals surface area contributed by atoms with E-state index in [0.29, 0.717) is 22.9 Å². The number of rotatable bonds is 9. The van der Waals surface area contributed by atoms with E-state index in [0.717, 1.165) is 10.6 Å². The van der Waals surface area contributed by atoms with Gasteiger partial charge in [-0.3, -0.25) is 9.10 Å². The van der Waals surface area contributed by atoms with Gasteiger partial charge in [0.2, 0.25) is 15.9 Å². The first-order chi connectivity index (χ1) is 14.2. The lowest BCUT2D eigenvalue weighted by Crippen LogP contribution is -2.45. The summed E-state index contributed by atoms with van der Waals surface area (Å²) in [6.45, 7) is 1.48. The van der Waals surface area contributed by atoms with Crippen LogP contribution in [0.3, 0.4) is 0 Å². The van der Waals surface area contributed by atoms with Crippen LogP contribution in [0.1, 0.15) is 6.92 Å². The Morgan fingerprint density at radius 1 is 0.900 bits per heavy atom. The van der Waals surface area contributed by atoms with E-state index in [1.807, 2.05) is 0 Å². The number of nitrogens with one attached hydrogen (secondary N) is 1. The van der Waals surface area contributed by atoms with Gasteiger partial charge in [0.25, 0.3) is 0 Å². The van der Waals surface area contributed by atoms with Crippen molar-refractivity contribution in [1.82, 2.24) is 0 Å². The van der Waals surface area contributed by atoms with Crippen LogP contribution in [0.5, 0.6) is 23.0 Å². The molecule has 0 bridgehead atoms. The van der Waals surface area contributed by atoms with Crippen molar-refractivity contribution in [2.45, 2.75) is 13.0 Å². The number of hydrogen-bond acceptors (Lipinski definition) is 7. The SMILES string of the molecule is COc1ccc(NC(=O)[C@@H](C)N(c2cc(OC)ccc2OC)S(C)(=O)=O)c(OC)c1. The second kappa shape index (κ2) is 9.57. The molecule has 2 aromatic carbocycles. The van der Waals surface area contributed by atoms with Crippen molar-refractivity contribution < 1.29 is 32.2 Å². The third-order valence-electron chi connectivity index (χ3n) is 4.38. The van der Waals surface area contributed by atoms with Crippen molar-refractivity contribution in [3.8, 4) is 23.0 Å². The summed E-state index contributed by atoms with van der Waals surface area (Å²) in [6.07, 6.45) is 1.02. The summed E-state index contributed by atoms with van der Waals surface area (Å²) in [7, 11) is 1.99. The molecule has 1 N–H and O–H groups in total. The van der Waals surface area contributed by atoms with Gasteiger partial charge >= 0.3 is 0 Å². The fourth-order valence-corrected chi connectivity index (χ4v) is 4.06. The Bertz CT molecular complexity index is 1010. The number of sulfonamides is 1. The van der Waals surface area contributed by atoms with Crippen LogP contribution in [-0.2, 0) is 14.8 Å². The lowest BCUT2D eigenvalue weighted by Gasteiger charge is -2.29. The molecule has 1 atom stereocenters. The van der Waals surface area contributed by atoms with E-state index >= 15 is 0 Å². The van der Waals surface area contributed by atoms with Crippen LogP contribution in [0.15, 0.2) is 36.4 Å². The third-order valence-corrected chi connectivity index (χ3v) is 5.61. The topological polar surface area (TPSA) is 103 Å². The molecule has 0 heterocycles. The van der Waals surface area contributed by atoms with Gasteiger partial charge in [0.15, 0.2) is 0 Å². The number of hydrogen-bond donors (Lipinski definition) is 1. The van der Waals surface area contributed by atoms with Crippen molar-refractivity contribution in [2.24, 2.45) is 0 Å². The Balaban J connectivity index is 2.44. The lowest BCUT2D eigenvalue weighted by molar-refractivity contribution is -0.116. The number of benzene rings is 2. The number of methoxy groups -OCH3 is 4. The average Bonchev–Trinajstić information content (AvgIpc) is 2.72. The number of ether oxygens (including phenoxy) is 4. The highest BCUT2D eigenvalue weighted by atomic mass is 32.2. The quantitative estimate of drug-likeness (QED) is 0.642. The maximum Gasteiger partial charge on any atom is 0.248 e. The van der Waals surface area contributed by atoms with Crippen LogP contribution in [0.4, 0.5) is 11.4 Å². The molecule has 1 amide bonds.